The Kier molecular flexibility index (Phi) is 7.10. The van der Waals surface area contributed by atoms with Gasteiger partial charge in [-0.25, -0.2) is 4.98 Å². The molecule has 168 valence electrons. The highest BCUT2D eigenvalue weighted by Gasteiger charge is 2.21. The minimum Gasteiger partial charge on any atom is -0.325 e. The largest absolute Gasteiger partial charge is 0.325 e. The summed E-state index contributed by atoms with van der Waals surface area (Å²) in [6.07, 6.45) is 0. The zero-order valence-electron chi connectivity index (χ0n) is 19.4. The molecule has 34 heavy (non-hydrogen) atoms. The Balaban J connectivity index is 1.72. The normalized spacial score (nSPS) is 11.5. The molecule has 4 aromatic rings. The van der Waals surface area contributed by atoms with E-state index in [9.17, 15) is 10.1 Å². The molecule has 0 aliphatic heterocycles. The van der Waals surface area contributed by atoms with Gasteiger partial charge in [0.2, 0.25) is 5.91 Å². The van der Waals surface area contributed by atoms with Crippen LogP contribution in [0.3, 0.4) is 0 Å². The molecule has 1 heterocycles. The van der Waals surface area contributed by atoms with E-state index in [2.05, 4.69) is 11.4 Å². The Morgan fingerprint density at radius 1 is 0.912 bits per heavy atom. The molecule has 5 heteroatoms. The number of thioether (sulfide) groups is 1. The van der Waals surface area contributed by atoms with Crippen LogP contribution in [0.1, 0.15) is 23.6 Å². The first kappa shape index (κ1) is 23.3. The molecule has 0 saturated carbocycles. The van der Waals surface area contributed by atoms with E-state index in [1.54, 1.807) is 0 Å². The van der Waals surface area contributed by atoms with E-state index in [0.29, 0.717) is 10.6 Å². The van der Waals surface area contributed by atoms with Crippen LogP contribution in [0.15, 0.2) is 90.0 Å². The van der Waals surface area contributed by atoms with Gasteiger partial charge >= 0.3 is 0 Å². The lowest BCUT2D eigenvalue weighted by Gasteiger charge is -2.16. The fraction of sp³-hybridized carbons (Fsp3) is 0.138. The van der Waals surface area contributed by atoms with Crippen molar-refractivity contribution in [1.29, 1.82) is 5.26 Å². The van der Waals surface area contributed by atoms with Crippen molar-refractivity contribution in [2.24, 2.45) is 0 Å². The molecule has 0 bridgehead atoms. The molecular formula is C29H25N3OS. The topological polar surface area (TPSA) is 65.8 Å². The van der Waals surface area contributed by atoms with Crippen molar-refractivity contribution in [3.63, 3.8) is 0 Å². The molecule has 3 aromatic carbocycles. The summed E-state index contributed by atoms with van der Waals surface area (Å²) >= 11 is 1.30. The molecule has 0 radical (unpaired) electrons. The molecule has 1 aromatic heterocycles. The van der Waals surface area contributed by atoms with Gasteiger partial charge in [-0.15, -0.1) is 0 Å². The Labute approximate surface area is 204 Å². The van der Waals surface area contributed by atoms with Crippen molar-refractivity contribution in [1.82, 2.24) is 4.98 Å². The molecule has 1 amide bonds. The predicted octanol–water partition coefficient (Wildman–Crippen LogP) is 7.02. The number of anilines is 1. The molecule has 4 rings (SSSR count). The number of carbonyl (C=O) groups excluding carboxylic acids is 1. The van der Waals surface area contributed by atoms with Crippen LogP contribution in [0.25, 0.3) is 22.4 Å². The number of carbonyl (C=O) groups is 1. The zero-order chi connectivity index (χ0) is 24.1. The van der Waals surface area contributed by atoms with Gasteiger partial charge in [0, 0.05) is 16.8 Å². The van der Waals surface area contributed by atoms with E-state index in [1.807, 2.05) is 106 Å². The van der Waals surface area contributed by atoms with Gasteiger partial charge in [-0.05, 0) is 44.5 Å². The number of nitriles is 1. The minimum absolute atomic E-state index is 0.137. The average molecular weight is 464 g/mol. The maximum Gasteiger partial charge on any atom is 0.237 e. The third-order valence-electron chi connectivity index (χ3n) is 5.51. The Bertz CT molecular complexity index is 1340. The summed E-state index contributed by atoms with van der Waals surface area (Å²) in [6, 6.07) is 29.9. The second-order valence-electron chi connectivity index (χ2n) is 8.19. The lowest BCUT2D eigenvalue weighted by atomic mass is 9.99. The molecule has 0 aliphatic carbocycles. The average Bonchev–Trinajstić information content (AvgIpc) is 2.86. The van der Waals surface area contributed by atoms with Crippen LogP contribution in [-0.2, 0) is 4.79 Å². The van der Waals surface area contributed by atoms with E-state index >= 15 is 0 Å². The zero-order valence-corrected chi connectivity index (χ0v) is 20.2. The summed E-state index contributed by atoms with van der Waals surface area (Å²) in [5.41, 5.74) is 6.99. The summed E-state index contributed by atoms with van der Waals surface area (Å²) in [5.74, 6) is -0.137. The van der Waals surface area contributed by atoms with Crippen LogP contribution >= 0.6 is 11.8 Å². The minimum atomic E-state index is -0.446. The molecule has 0 spiro atoms. The van der Waals surface area contributed by atoms with E-state index in [1.165, 1.54) is 11.8 Å². The Morgan fingerprint density at radius 3 is 2.15 bits per heavy atom. The predicted molar refractivity (Wildman–Crippen MR) is 140 cm³/mol. The maximum atomic E-state index is 12.9. The first-order valence-electron chi connectivity index (χ1n) is 11.1. The maximum absolute atomic E-state index is 12.9. The first-order valence-corrected chi connectivity index (χ1v) is 11.9. The number of aromatic nitrogens is 1. The van der Waals surface area contributed by atoms with Gasteiger partial charge in [-0.2, -0.15) is 5.26 Å². The second-order valence-corrected chi connectivity index (χ2v) is 9.52. The third-order valence-corrected chi connectivity index (χ3v) is 6.59. The number of pyridine rings is 1. The van der Waals surface area contributed by atoms with E-state index in [4.69, 9.17) is 4.98 Å². The monoisotopic (exact) mass is 463 g/mol. The molecular weight excluding hydrogens is 438 g/mol. The summed E-state index contributed by atoms with van der Waals surface area (Å²) < 4.78 is 0. The van der Waals surface area contributed by atoms with Crippen LogP contribution in [0.5, 0.6) is 0 Å². The van der Waals surface area contributed by atoms with Crippen molar-refractivity contribution < 1.29 is 4.79 Å². The number of aryl methyl sites for hydroxylation is 2. The molecule has 0 saturated heterocycles. The van der Waals surface area contributed by atoms with Gasteiger partial charge in [-0.3, -0.25) is 4.79 Å². The molecule has 0 aliphatic rings. The van der Waals surface area contributed by atoms with Crippen molar-refractivity contribution in [3.8, 4) is 28.5 Å². The number of hydrogen-bond acceptors (Lipinski definition) is 4. The second kappa shape index (κ2) is 10.4. The summed E-state index contributed by atoms with van der Waals surface area (Å²) in [7, 11) is 0. The van der Waals surface area contributed by atoms with Gasteiger partial charge < -0.3 is 5.32 Å². The summed E-state index contributed by atoms with van der Waals surface area (Å²) in [5, 5.41) is 13.1. The van der Waals surface area contributed by atoms with Gasteiger partial charge in [0.25, 0.3) is 0 Å². The highest BCUT2D eigenvalue weighted by molar-refractivity contribution is 8.00. The lowest BCUT2D eigenvalue weighted by Crippen LogP contribution is -2.22. The molecule has 4 nitrogen and oxygen atoms in total. The fourth-order valence-corrected chi connectivity index (χ4v) is 4.46. The van der Waals surface area contributed by atoms with E-state index < -0.39 is 5.25 Å². The number of hydrogen-bond donors (Lipinski definition) is 1. The van der Waals surface area contributed by atoms with Gasteiger partial charge in [0.15, 0.2) is 0 Å². The lowest BCUT2D eigenvalue weighted by molar-refractivity contribution is -0.115. The van der Waals surface area contributed by atoms with E-state index in [-0.39, 0.29) is 5.91 Å². The summed E-state index contributed by atoms with van der Waals surface area (Å²) in [6.45, 7) is 5.88. The number of benzene rings is 3. The van der Waals surface area contributed by atoms with Crippen molar-refractivity contribution in [2.75, 3.05) is 5.32 Å². The van der Waals surface area contributed by atoms with Crippen molar-refractivity contribution in [2.45, 2.75) is 31.0 Å². The standard InChI is InChI=1S/C29H25N3OS/c1-19-9-13-23(14-10-19)27-17-25(22-7-5-4-6-8-22)26(18-30)29(32-27)34-21(3)28(33)31-24-15-11-20(2)12-16-24/h4-17,21H,1-3H3,(H,31,33)/t21-/m0/s1. The Morgan fingerprint density at radius 2 is 1.53 bits per heavy atom. The number of nitrogens with zero attached hydrogens (tertiary/aromatic N) is 2. The van der Waals surface area contributed by atoms with Crippen molar-refractivity contribution in [3.05, 3.63) is 102 Å². The number of nitrogens with one attached hydrogen (secondary N) is 1. The van der Waals surface area contributed by atoms with Crippen LogP contribution < -0.4 is 5.32 Å². The highest BCUT2D eigenvalue weighted by Crippen LogP contribution is 2.36. The number of rotatable bonds is 6. The molecule has 0 unspecified atom stereocenters. The fourth-order valence-electron chi connectivity index (χ4n) is 3.53. The van der Waals surface area contributed by atoms with Gasteiger partial charge in [0.05, 0.1) is 16.5 Å². The van der Waals surface area contributed by atoms with Gasteiger partial charge in [-0.1, -0.05) is 89.6 Å². The third kappa shape index (κ3) is 5.36. The first-order chi connectivity index (χ1) is 16.4. The van der Waals surface area contributed by atoms with E-state index in [0.717, 1.165) is 39.2 Å². The number of amides is 1. The van der Waals surface area contributed by atoms with Crippen molar-refractivity contribution >= 4 is 23.4 Å². The molecule has 1 atom stereocenters. The molecule has 1 N–H and O–H groups in total. The van der Waals surface area contributed by atoms with Gasteiger partial charge in [0.1, 0.15) is 11.1 Å². The Hall–Kier alpha value is -3.88. The quantitative estimate of drug-likeness (QED) is 0.312. The molecule has 0 fully saturated rings. The summed E-state index contributed by atoms with van der Waals surface area (Å²) in [4.78, 5) is 17.7. The van der Waals surface area contributed by atoms with Crippen LogP contribution in [0, 0.1) is 25.2 Å². The smallest absolute Gasteiger partial charge is 0.237 e. The van der Waals surface area contributed by atoms with Crippen LogP contribution in [0.2, 0.25) is 0 Å². The SMILES string of the molecule is Cc1ccc(NC(=O)[C@H](C)Sc2nc(-c3ccc(C)cc3)cc(-c3ccccc3)c2C#N)cc1. The van der Waals surface area contributed by atoms with Crippen LogP contribution in [-0.4, -0.2) is 16.1 Å². The van der Waals surface area contributed by atoms with Crippen LogP contribution in [0.4, 0.5) is 5.69 Å². The highest BCUT2D eigenvalue weighted by atomic mass is 32.2.